The van der Waals surface area contributed by atoms with Crippen molar-refractivity contribution in [3.05, 3.63) is 71.3 Å². The van der Waals surface area contributed by atoms with Crippen molar-refractivity contribution in [3.63, 3.8) is 0 Å². The van der Waals surface area contributed by atoms with Crippen molar-refractivity contribution in [3.8, 4) is 0 Å². The van der Waals surface area contributed by atoms with Gasteiger partial charge in [-0.05, 0) is 37.5 Å². The summed E-state index contributed by atoms with van der Waals surface area (Å²) in [5.41, 5.74) is 2.58. The molecule has 0 bridgehead atoms. The zero-order valence-corrected chi connectivity index (χ0v) is 16.4. The minimum atomic E-state index is -0.434. The molecule has 0 aliphatic carbocycles. The number of halogens is 1. The van der Waals surface area contributed by atoms with E-state index in [1.54, 1.807) is 18.2 Å². The molecule has 0 radical (unpaired) electrons. The van der Waals surface area contributed by atoms with E-state index in [1.165, 1.54) is 23.2 Å². The van der Waals surface area contributed by atoms with Crippen LogP contribution in [-0.4, -0.2) is 27.9 Å². The highest BCUT2D eigenvalue weighted by atomic mass is 32.1. The Hall–Kier alpha value is -2.80. The van der Waals surface area contributed by atoms with Crippen LogP contribution >= 0.6 is 11.5 Å². The second-order valence-corrected chi connectivity index (χ2v) is 7.71. The third-order valence-electron chi connectivity index (χ3n) is 4.87. The molecule has 28 heavy (non-hydrogen) atoms. The minimum Gasteiger partial charge on any atom is -0.335 e. The molecule has 1 aliphatic heterocycles. The van der Waals surface area contributed by atoms with Crippen molar-refractivity contribution >= 4 is 28.3 Å². The summed E-state index contributed by atoms with van der Waals surface area (Å²) in [6.45, 7) is 2.80. The van der Waals surface area contributed by atoms with Gasteiger partial charge in [-0.15, -0.1) is 0 Å². The van der Waals surface area contributed by atoms with Crippen LogP contribution in [0.1, 0.15) is 29.8 Å². The molecule has 0 saturated carbocycles. The van der Waals surface area contributed by atoms with Crippen molar-refractivity contribution in [1.82, 2.24) is 9.36 Å². The van der Waals surface area contributed by atoms with Crippen molar-refractivity contribution in [1.29, 1.82) is 0 Å². The van der Waals surface area contributed by atoms with E-state index in [1.807, 2.05) is 4.90 Å². The molecule has 1 aliphatic rings. The van der Waals surface area contributed by atoms with Crippen molar-refractivity contribution < 1.29 is 9.18 Å². The number of hydrogen-bond donors (Lipinski definition) is 1. The molecular weight excluding hydrogens is 375 g/mol. The van der Waals surface area contributed by atoms with Gasteiger partial charge in [-0.3, -0.25) is 4.79 Å². The van der Waals surface area contributed by atoms with Gasteiger partial charge in [0.2, 0.25) is 11.0 Å². The Morgan fingerprint density at radius 2 is 2.04 bits per heavy atom. The van der Waals surface area contributed by atoms with Gasteiger partial charge in [0.1, 0.15) is 17.7 Å². The first-order valence-electron chi connectivity index (χ1n) is 9.30. The van der Waals surface area contributed by atoms with E-state index in [2.05, 4.69) is 45.9 Å². The summed E-state index contributed by atoms with van der Waals surface area (Å²) >= 11 is 1.31. The van der Waals surface area contributed by atoms with Gasteiger partial charge in [0.25, 0.3) is 0 Å². The summed E-state index contributed by atoms with van der Waals surface area (Å²) in [6.07, 6.45) is 2.27. The topological polar surface area (TPSA) is 58.1 Å². The van der Waals surface area contributed by atoms with Crippen LogP contribution in [0.4, 0.5) is 15.2 Å². The Balaban J connectivity index is 1.46. The molecule has 7 heteroatoms. The van der Waals surface area contributed by atoms with Gasteiger partial charge in [0.05, 0.1) is 5.69 Å². The number of carbonyl (C=O) groups excluding carboxylic acids is 1. The Morgan fingerprint density at radius 3 is 2.82 bits per heavy atom. The predicted molar refractivity (Wildman–Crippen MR) is 109 cm³/mol. The lowest BCUT2D eigenvalue weighted by Gasteiger charge is -2.22. The zero-order valence-electron chi connectivity index (χ0n) is 15.6. The van der Waals surface area contributed by atoms with Crippen molar-refractivity contribution in [2.75, 3.05) is 16.8 Å². The highest BCUT2D eigenvalue weighted by molar-refractivity contribution is 7.09. The fourth-order valence-electron chi connectivity index (χ4n) is 3.37. The van der Waals surface area contributed by atoms with Crippen LogP contribution in [-0.2, 0) is 11.2 Å². The van der Waals surface area contributed by atoms with E-state index in [4.69, 9.17) is 0 Å². The molecule has 1 aromatic heterocycles. The molecule has 0 spiro atoms. The van der Waals surface area contributed by atoms with Gasteiger partial charge in [-0.25, -0.2) is 9.37 Å². The van der Waals surface area contributed by atoms with Crippen LogP contribution in [0.2, 0.25) is 0 Å². The lowest BCUT2D eigenvalue weighted by atomic mass is 10.1. The average Bonchev–Trinajstić information content (AvgIpc) is 3.34. The first-order valence-corrected chi connectivity index (χ1v) is 10.1. The number of para-hydroxylation sites is 1. The highest BCUT2D eigenvalue weighted by Gasteiger charge is 2.33. The molecule has 4 rings (SSSR count). The van der Waals surface area contributed by atoms with E-state index in [0.29, 0.717) is 12.8 Å². The number of amides is 1. The lowest BCUT2D eigenvalue weighted by molar-refractivity contribution is -0.117. The lowest BCUT2D eigenvalue weighted by Crippen LogP contribution is -2.39. The van der Waals surface area contributed by atoms with E-state index < -0.39 is 5.82 Å². The fourth-order valence-corrected chi connectivity index (χ4v) is 4.13. The number of carbonyl (C=O) groups is 1. The zero-order chi connectivity index (χ0) is 19.5. The van der Waals surface area contributed by atoms with Gasteiger partial charge in [-0.1, -0.05) is 42.0 Å². The first-order chi connectivity index (χ1) is 13.6. The maximum absolute atomic E-state index is 13.8. The van der Waals surface area contributed by atoms with Crippen LogP contribution in [0, 0.1) is 12.7 Å². The highest BCUT2D eigenvalue weighted by Crippen LogP contribution is 2.28. The first kappa shape index (κ1) is 18.6. The predicted octanol–water partition coefficient (Wildman–Crippen LogP) is 4.18. The second kappa shape index (κ2) is 8.06. The number of rotatable bonds is 5. The summed E-state index contributed by atoms with van der Waals surface area (Å²) in [7, 11) is 0. The van der Waals surface area contributed by atoms with E-state index in [-0.39, 0.29) is 17.6 Å². The smallest absolute Gasteiger partial charge is 0.247 e. The number of anilines is 2. The van der Waals surface area contributed by atoms with Crippen LogP contribution in [0.25, 0.3) is 0 Å². The Labute approximate surface area is 167 Å². The third kappa shape index (κ3) is 4.04. The molecule has 2 heterocycles. The summed E-state index contributed by atoms with van der Waals surface area (Å²) in [6, 6.07) is 14.2. The van der Waals surface area contributed by atoms with Crippen LogP contribution in [0.15, 0.2) is 48.5 Å². The number of aromatic nitrogens is 2. The fraction of sp³-hybridized carbons (Fsp3) is 0.286. The molecule has 1 fully saturated rings. The minimum absolute atomic E-state index is 0.205. The summed E-state index contributed by atoms with van der Waals surface area (Å²) in [5.74, 6) is 0.110. The molecule has 1 atom stereocenters. The van der Waals surface area contributed by atoms with Gasteiger partial charge in [0.15, 0.2) is 0 Å². The number of aryl methyl sites for hydroxylation is 1. The molecule has 1 amide bonds. The summed E-state index contributed by atoms with van der Waals surface area (Å²) in [4.78, 5) is 19.3. The van der Waals surface area contributed by atoms with Crippen molar-refractivity contribution in [2.45, 2.75) is 32.2 Å². The largest absolute Gasteiger partial charge is 0.335 e. The summed E-state index contributed by atoms with van der Waals surface area (Å²) in [5, 5.41) is 3.45. The molecular formula is C21H21FN4OS. The van der Waals surface area contributed by atoms with Gasteiger partial charge >= 0.3 is 0 Å². The molecule has 1 N–H and O–H groups in total. The Bertz CT molecular complexity index is 973. The number of hydrogen-bond acceptors (Lipinski definition) is 5. The SMILES string of the molecule is Cc1ccc(Cc2nsc(N3CCC[C@H]3C(=O)Nc3ccccc3F)n2)cc1. The number of benzene rings is 2. The number of nitrogens with one attached hydrogen (secondary N) is 1. The standard InChI is InChI=1S/C21H21FN4OS/c1-14-8-10-15(11-9-14)13-19-24-21(28-25-19)26-12-4-7-18(26)20(27)23-17-6-3-2-5-16(17)22/h2-3,5-6,8-11,18H,4,7,12-13H2,1H3,(H,23,27)/t18-/m0/s1. The van der Waals surface area contributed by atoms with Gasteiger partial charge in [-0.2, -0.15) is 4.37 Å². The van der Waals surface area contributed by atoms with Crippen molar-refractivity contribution in [2.24, 2.45) is 0 Å². The molecule has 144 valence electrons. The Kier molecular flexibility index (Phi) is 5.34. The van der Waals surface area contributed by atoms with Gasteiger partial charge in [0, 0.05) is 24.5 Å². The summed E-state index contributed by atoms with van der Waals surface area (Å²) < 4.78 is 18.3. The van der Waals surface area contributed by atoms with E-state index in [9.17, 15) is 9.18 Å². The molecule has 0 unspecified atom stereocenters. The quantitative estimate of drug-likeness (QED) is 0.703. The van der Waals surface area contributed by atoms with E-state index >= 15 is 0 Å². The van der Waals surface area contributed by atoms with Crippen LogP contribution in [0.3, 0.4) is 0 Å². The Morgan fingerprint density at radius 1 is 1.25 bits per heavy atom. The van der Waals surface area contributed by atoms with Crippen LogP contribution < -0.4 is 10.2 Å². The monoisotopic (exact) mass is 396 g/mol. The molecule has 1 saturated heterocycles. The normalized spacial score (nSPS) is 16.4. The third-order valence-corrected chi connectivity index (χ3v) is 5.66. The van der Waals surface area contributed by atoms with Crippen LogP contribution in [0.5, 0.6) is 0 Å². The van der Waals surface area contributed by atoms with E-state index in [0.717, 1.165) is 29.5 Å². The molecule has 2 aromatic carbocycles. The maximum Gasteiger partial charge on any atom is 0.247 e. The molecule has 3 aromatic rings. The number of nitrogens with zero attached hydrogens (tertiary/aromatic N) is 3. The maximum atomic E-state index is 13.8. The van der Waals surface area contributed by atoms with Gasteiger partial charge < -0.3 is 10.2 Å². The molecule has 5 nitrogen and oxygen atoms in total. The average molecular weight is 396 g/mol. The second-order valence-electron chi connectivity index (χ2n) is 6.98.